The standard InChI is InChI=1S/C14H18FN3O/c1-10-7-12(15)3-4-13(10)14-11(9-17-18-14)8-16-5-6-19-2/h3-4,7,9,16H,5-6,8H2,1-2H3,(H,17,18). The summed E-state index contributed by atoms with van der Waals surface area (Å²) < 4.78 is 18.1. The molecule has 1 aromatic heterocycles. The molecule has 2 N–H and O–H groups in total. The molecule has 1 heterocycles. The van der Waals surface area contributed by atoms with Crippen LogP contribution in [0.15, 0.2) is 24.4 Å². The van der Waals surface area contributed by atoms with Crippen molar-refractivity contribution in [1.29, 1.82) is 0 Å². The van der Waals surface area contributed by atoms with Crippen molar-refractivity contribution in [3.8, 4) is 11.3 Å². The first-order chi connectivity index (χ1) is 9.22. The van der Waals surface area contributed by atoms with Crippen molar-refractivity contribution in [2.24, 2.45) is 0 Å². The van der Waals surface area contributed by atoms with Gasteiger partial charge in [0.15, 0.2) is 0 Å². The van der Waals surface area contributed by atoms with Gasteiger partial charge in [0.25, 0.3) is 0 Å². The highest BCUT2D eigenvalue weighted by Gasteiger charge is 2.10. The number of aryl methyl sites for hydroxylation is 1. The molecule has 0 spiro atoms. The van der Waals surface area contributed by atoms with Gasteiger partial charge in [-0.15, -0.1) is 0 Å². The highest BCUT2D eigenvalue weighted by atomic mass is 19.1. The van der Waals surface area contributed by atoms with E-state index in [1.807, 2.05) is 6.92 Å². The summed E-state index contributed by atoms with van der Waals surface area (Å²) in [4.78, 5) is 0. The van der Waals surface area contributed by atoms with Gasteiger partial charge >= 0.3 is 0 Å². The topological polar surface area (TPSA) is 49.9 Å². The second kappa shape index (κ2) is 6.45. The maximum Gasteiger partial charge on any atom is 0.123 e. The first-order valence-electron chi connectivity index (χ1n) is 6.21. The van der Waals surface area contributed by atoms with Crippen molar-refractivity contribution in [1.82, 2.24) is 15.5 Å². The van der Waals surface area contributed by atoms with E-state index in [0.717, 1.165) is 28.9 Å². The molecular weight excluding hydrogens is 245 g/mol. The Morgan fingerprint density at radius 2 is 2.26 bits per heavy atom. The maximum absolute atomic E-state index is 13.1. The molecule has 0 atom stereocenters. The van der Waals surface area contributed by atoms with E-state index in [1.165, 1.54) is 12.1 Å². The van der Waals surface area contributed by atoms with Crippen molar-refractivity contribution < 1.29 is 9.13 Å². The first kappa shape index (κ1) is 13.7. The van der Waals surface area contributed by atoms with Gasteiger partial charge in [-0.05, 0) is 30.7 Å². The van der Waals surface area contributed by atoms with E-state index in [4.69, 9.17) is 4.74 Å². The van der Waals surface area contributed by atoms with Crippen LogP contribution >= 0.6 is 0 Å². The molecule has 102 valence electrons. The summed E-state index contributed by atoms with van der Waals surface area (Å²) >= 11 is 0. The molecule has 19 heavy (non-hydrogen) atoms. The average molecular weight is 263 g/mol. The Morgan fingerprint density at radius 3 is 3.00 bits per heavy atom. The fraction of sp³-hybridized carbons (Fsp3) is 0.357. The SMILES string of the molecule is COCCNCc1cn[nH]c1-c1ccc(F)cc1C. The van der Waals surface area contributed by atoms with Crippen LogP contribution in [0.25, 0.3) is 11.3 Å². The van der Waals surface area contributed by atoms with Crippen LogP contribution in [0.5, 0.6) is 0 Å². The minimum Gasteiger partial charge on any atom is -0.383 e. The highest BCUT2D eigenvalue weighted by Crippen LogP contribution is 2.25. The Balaban J connectivity index is 2.14. The molecule has 0 aliphatic rings. The number of aromatic amines is 1. The fourth-order valence-electron chi connectivity index (χ4n) is 1.98. The first-order valence-corrected chi connectivity index (χ1v) is 6.21. The minimum atomic E-state index is -0.222. The lowest BCUT2D eigenvalue weighted by atomic mass is 10.0. The lowest BCUT2D eigenvalue weighted by Crippen LogP contribution is -2.18. The van der Waals surface area contributed by atoms with Crippen LogP contribution in [0.4, 0.5) is 4.39 Å². The Labute approximate surface area is 112 Å². The van der Waals surface area contributed by atoms with E-state index >= 15 is 0 Å². The second-order valence-electron chi connectivity index (χ2n) is 4.40. The van der Waals surface area contributed by atoms with E-state index < -0.39 is 0 Å². The summed E-state index contributed by atoms with van der Waals surface area (Å²) in [5, 5.41) is 10.3. The number of H-pyrrole nitrogens is 1. The van der Waals surface area contributed by atoms with Gasteiger partial charge in [0.1, 0.15) is 5.82 Å². The number of methoxy groups -OCH3 is 1. The normalized spacial score (nSPS) is 10.9. The number of nitrogens with zero attached hydrogens (tertiary/aromatic N) is 1. The molecule has 0 amide bonds. The number of hydrogen-bond acceptors (Lipinski definition) is 3. The third-order valence-corrected chi connectivity index (χ3v) is 2.97. The van der Waals surface area contributed by atoms with Crippen LogP contribution in [0.1, 0.15) is 11.1 Å². The molecule has 0 fully saturated rings. The Kier molecular flexibility index (Phi) is 4.65. The van der Waals surface area contributed by atoms with Crippen LogP contribution < -0.4 is 5.32 Å². The largest absolute Gasteiger partial charge is 0.383 e. The molecule has 5 heteroatoms. The van der Waals surface area contributed by atoms with Crippen molar-refractivity contribution in [2.45, 2.75) is 13.5 Å². The summed E-state index contributed by atoms with van der Waals surface area (Å²) in [6.07, 6.45) is 1.79. The molecule has 0 aliphatic carbocycles. The number of ether oxygens (including phenoxy) is 1. The predicted octanol–water partition coefficient (Wildman–Crippen LogP) is 2.26. The van der Waals surface area contributed by atoms with Gasteiger partial charge in [-0.25, -0.2) is 4.39 Å². The van der Waals surface area contributed by atoms with E-state index in [9.17, 15) is 4.39 Å². The molecule has 0 radical (unpaired) electrons. The maximum atomic E-state index is 13.1. The van der Waals surface area contributed by atoms with Crippen LogP contribution in [0.2, 0.25) is 0 Å². The number of benzene rings is 1. The van der Waals surface area contributed by atoms with Crippen molar-refractivity contribution in [3.05, 3.63) is 41.3 Å². The molecule has 2 rings (SSSR count). The van der Waals surface area contributed by atoms with E-state index in [2.05, 4.69) is 15.5 Å². The van der Waals surface area contributed by atoms with Crippen molar-refractivity contribution in [2.75, 3.05) is 20.3 Å². The zero-order chi connectivity index (χ0) is 13.7. The van der Waals surface area contributed by atoms with Gasteiger partial charge in [0, 0.05) is 31.3 Å². The van der Waals surface area contributed by atoms with Crippen LogP contribution in [0.3, 0.4) is 0 Å². The van der Waals surface area contributed by atoms with Gasteiger partial charge in [-0.1, -0.05) is 0 Å². The summed E-state index contributed by atoms with van der Waals surface area (Å²) in [5.74, 6) is -0.222. The van der Waals surface area contributed by atoms with Gasteiger partial charge in [0.2, 0.25) is 0 Å². The molecule has 0 bridgehead atoms. The highest BCUT2D eigenvalue weighted by molar-refractivity contribution is 5.66. The van der Waals surface area contributed by atoms with Crippen molar-refractivity contribution in [3.63, 3.8) is 0 Å². The molecule has 0 aliphatic heterocycles. The minimum absolute atomic E-state index is 0.222. The van der Waals surface area contributed by atoms with E-state index in [0.29, 0.717) is 13.2 Å². The van der Waals surface area contributed by atoms with Crippen LogP contribution in [-0.4, -0.2) is 30.5 Å². The average Bonchev–Trinajstić information content (AvgIpc) is 2.83. The van der Waals surface area contributed by atoms with Crippen LogP contribution in [0, 0.1) is 12.7 Å². The predicted molar refractivity (Wildman–Crippen MR) is 72.3 cm³/mol. The molecule has 1 aromatic carbocycles. The molecule has 0 saturated carbocycles. The number of nitrogens with one attached hydrogen (secondary N) is 2. The number of halogens is 1. The number of rotatable bonds is 6. The molecule has 4 nitrogen and oxygen atoms in total. The number of hydrogen-bond donors (Lipinski definition) is 2. The van der Waals surface area contributed by atoms with Crippen molar-refractivity contribution >= 4 is 0 Å². The molecule has 0 unspecified atom stereocenters. The Morgan fingerprint density at radius 1 is 1.42 bits per heavy atom. The van der Waals surface area contributed by atoms with Gasteiger partial charge in [-0.2, -0.15) is 5.10 Å². The summed E-state index contributed by atoms with van der Waals surface area (Å²) in [5.41, 5.74) is 3.86. The monoisotopic (exact) mass is 263 g/mol. The molecule has 2 aromatic rings. The zero-order valence-corrected chi connectivity index (χ0v) is 11.2. The van der Waals surface area contributed by atoms with Gasteiger partial charge in [0.05, 0.1) is 18.5 Å². The van der Waals surface area contributed by atoms with Gasteiger partial charge in [-0.3, -0.25) is 5.10 Å². The molecular formula is C14H18FN3O. The lowest BCUT2D eigenvalue weighted by Gasteiger charge is -2.08. The third-order valence-electron chi connectivity index (χ3n) is 2.97. The Hall–Kier alpha value is -1.72. The van der Waals surface area contributed by atoms with E-state index in [-0.39, 0.29) is 5.82 Å². The van der Waals surface area contributed by atoms with Crippen LogP contribution in [-0.2, 0) is 11.3 Å². The smallest absolute Gasteiger partial charge is 0.123 e. The molecule has 0 saturated heterocycles. The number of aromatic nitrogens is 2. The quantitative estimate of drug-likeness (QED) is 0.786. The fourth-order valence-corrected chi connectivity index (χ4v) is 1.98. The lowest BCUT2D eigenvalue weighted by molar-refractivity contribution is 0.199. The van der Waals surface area contributed by atoms with E-state index in [1.54, 1.807) is 19.4 Å². The Bertz CT molecular complexity index is 539. The summed E-state index contributed by atoms with van der Waals surface area (Å²) in [6, 6.07) is 4.76. The summed E-state index contributed by atoms with van der Waals surface area (Å²) in [6.45, 7) is 4.04. The van der Waals surface area contributed by atoms with Gasteiger partial charge < -0.3 is 10.1 Å². The summed E-state index contributed by atoms with van der Waals surface area (Å²) in [7, 11) is 1.67. The second-order valence-corrected chi connectivity index (χ2v) is 4.40. The third kappa shape index (κ3) is 3.39. The zero-order valence-electron chi connectivity index (χ0n) is 11.2.